The van der Waals surface area contributed by atoms with Crippen molar-refractivity contribution < 1.29 is 4.79 Å². The van der Waals surface area contributed by atoms with Crippen molar-refractivity contribution in [3.63, 3.8) is 0 Å². The van der Waals surface area contributed by atoms with E-state index < -0.39 is 0 Å². The third-order valence-corrected chi connectivity index (χ3v) is 4.07. The lowest BCUT2D eigenvalue weighted by molar-refractivity contribution is 0.0931. The number of carbonyl (C=O) groups is 1. The number of carbonyl (C=O) groups excluding carboxylic acids is 1. The first-order valence-electron chi connectivity index (χ1n) is 8.30. The van der Waals surface area contributed by atoms with Crippen molar-refractivity contribution in [2.75, 3.05) is 11.9 Å². The van der Waals surface area contributed by atoms with Gasteiger partial charge in [-0.3, -0.25) is 9.78 Å². The molecule has 1 saturated carbocycles. The number of hydrogen-bond donors (Lipinski definition) is 2. The third-order valence-electron chi connectivity index (χ3n) is 4.07. The Labute approximate surface area is 127 Å². The van der Waals surface area contributed by atoms with Crippen LogP contribution in [0.1, 0.15) is 68.6 Å². The van der Waals surface area contributed by atoms with Crippen molar-refractivity contribution in [3.05, 3.63) is 24.0 Å². The van der Waals surface area contributed by atoms with Gasteiger partial charge in [-0.15, -0.1) is 0 Å². The molecule has 1 amide bonds. The smallest absolute Gasteiger partial charge is 0.253 e. The maximum Gasteiger partial charge on any atom is 0.253 e. The minimum Gasteiger partial charge on any atom is -0.383 e. The van der Waals surface area contributed by atoms with Crippen molar-refractivity contribution in [2.45, 2.75) is 64.3 Å². The van der Waals surface area contributed by atoms with E-state index in [0.29, 0.717) is 11.6 Å². The Morgan fingerprint density at radius 2 is 1.95 bits per heavy atom. The quantitative estimate of drug-likeness (QED) is 0.868. The van der Waals surface area contributed by atoms with Crippen molar-refractivity contribution >= 4 is 11.6 Å². The van der Waals surface area contributed by atoms with Gasteiger partial charge >= 0.3 is 0 Å². The molecular weight excluding hydrogens is 262 g/mol. The minimum atomic E-state index is 0.0292. The van der Waals surface area contributed by atoms with E-state index in [2.05, 4.69) is 22.5 Å². The van der Waals surface area contributed by atoms with E-state index in [1.807, 2.05) is 0 Å². The van der Waals surface area contributed by atoms with Gasteiger partial charge in [-0.25, -0.2) is 0 Å². The highest BCUT2D eigenvalue weighted by atomic mass is 16.1. The molecule has 1 aliphatic carbocycles. The predicted octanol–water partition coefficient (Wildman–Crippen LogP) is 3.75. The Kier molecular flexibility index (Phi) is 6.51. The molecule has 21 heavy (non-hydrogen) atoms. The van der Waals surface area contributed by atoms with E-state index in [1.165, 1.54) is 32.1 Å². The summed E-state index contributed by atoms with van der Waals surface area (Å²) in [6.07, 6.45) is 13.0. The molecule has 1 aromatic rings. The van der Waals surface area contributed by atoms with Gasteiger partial charge in [0.25, 0.3) is 5.91 Å². The number of anilines is 1. The Morgan fingerprint density at radius 3 is 2.67 bits per heavy atom. The number of aromatic nitrogens is 1. The lowest BCUT2D eigenvalue weighted by Gasteiger charge is -2.21. The first-order chi connectivity index (χ1) is 10.3. The highest BCUT2D eigenvalue weighted by Gasteiger charge is 2.17. The van der Waals surface area contributed by atoms with Gasteiger partial charge in [0.1, 0.15) is 0 Å². The molecular formula is C17H27N3O. The average molecular weight is 289 g/mol. The maximum atomic E-state index is 12.5. The summed E-state index contributed by atoms with van der Waals surface area (Å²) < 4.78 is 0. The molecule has 0 unspecified atom stereocenters. The van der Waals surface area contributed by atoms with E-state index in [0.717, 1.165) is 31.5 Å². The van der Waals surface area contributed by atoms with Gasteiger partial charge in [0.2, 0.25) is 0 Å². The SMILES string of the molecule is CCCNc1cnccc1C(=O)NC1CCCCCCC1. The average Bonchev–Trinajstić information content (AvgIpc) is 2.48. The zero-order valence-electron chi connectivity index (χ0n) is 13.0. The second-order valence-electron chi connectivity index (χ2n) is 5.86. The van der Waals surface area contributed by atoms with Gasteiger partial charge in [0.05, 0.1) is 17.4 Å². The van der Waals surface area contributed by atoms with Crippen LogP contribution in [-0.4, -0.2) is 23.5 Å². The molecule has 4 nitrogen and oxygen atoms in total. The molecule has 1 heterocycles. The lowest BCUT2D eigenvalue weighted by Crippen LogP contribution is -2.35. The highest BCUT2D eigenvalue weighted by Crippen LogP contribution is 2.19. The molecule has 0 atom stereocenters. The van der Waals surface area contributed by atoms with Crippen LogP contribution in [0.5, 0.6) is 0 Å². The second kappa shape index (κ2) is 8.65. The Hall–Kier alpha value is -1.58. The Bertz CT molecular complexity index is 439. The van der Waals surface area contributed by atoms with E-state index in [1.54, 1.807) is 18.5 Å². The molecule has 1 fully saturated rings. The van der Waals surface area contributed by atoms with Crippen LogP contribution >= 0.6 is 0 Å². The van der Waals surface area contributed by atoms with Gasteiger partial charge in [-0.2, -0.15) is 0 Å². The fourth-order valence-corrected chi connectivity index (χ4v) is 2.86. The van der Waals surface area contributed by atoms with Crippen LogP contribution in [-0.2, 0) is 0 Å². The van der Waals surface area contributed by atoms with E-state index >= 15 is 0 Å². The minimum absolute atomic E-state index is 0.0292. The molecule has 1 aromatic heterocycles. The van der Waals surface area contributed by atoms with Crippen LogP contribution in [0.15, 0.2) is 18.5 Å². The molecule has 1 aliphatic rings. The van der Waals surface area contributed by atoms with Crippen LogP contribution in [0, 0.1) is 0 Å². The molecule has 0 bridgehead atoms. The van der Waals surface area contributed by atoms with Crippen molar-refractivity contribution in [1.82, 2.24) is 10.3 Å². The van der Waals surface area contributed by atoms with Gasteiger partial charge in [0, 0.05) is 18.8 Å². The van der Waals surface area contributed by atoms with Crippen molar-refractivity contribution in [1.29, 1.82) is 0 Å². The summed E-state index contributed by atoms with van der Waals surface area (Å²) in [4.78, 5) is 16.6. The van der Waals surface area contributed by atoms with Crippen LogP contribution in [0.2, 0.25) is 0 Å². The van der Waals surface area contributed by atoms with Crippen LogP contribution < -0.4 is 10.6 Å². The van der Waals surface area contributed by atoms with E-state index in [9.17, 15) is 4.79 Å². The molecule has 0 aromatic carbocycles. The fourth-order valence-electron chi connectivity index (χ4n) is 2.86. The summed E-state index contributed by atoms with van der Waals surface area (Å²) in [6.45, 7) is 2.97. The first kappa shape index (κ1) is 15.8. The summed E-state index contributed by atoms with van der Waals surface area (Å²) >= 11 is 0. The Balaban J connectivity index is 1.98. The van der Waals surface area contributed by atoms with Crippen LogP contribution in [0.4, 0.5) is 5.69 Å². The standard InChI is InChI=1S/C17H27N3O/c1-2-11-19-16-13-18-12-10-15(16)17(21)20-14-8-6-4-3-5-7-9-14/h10,12-14,19H,2-9,11H2,1H3,(H,20,21). The molecule has 0 radical (unpaired) electrons. The zero-order chi connectivity index (χ0) is 14.9. The van der Waals surface area contributed by atoms with Gasteiger partial charge in [-0.05, 0) is 25.3 Å². The zero-order valence-corrected chi connectivity index (χ0v) is 13.0. The summed E-state index contributed by atoms with van der Waals surface area (Å²) in [5.74, 6) is 0.0292. The van der Waals surface area contributed by atoms with Gasteiger partial charge in [-0.1, -0.05) is 39.0 Å². The number of nitrogens with zero attached hydrogens (tertiary/aromatic N) is 1. The third kappa shape index (κ3) is 5.03. The first-order valence-corrected chi connectivity index (χ1v) is 8.30. The van der Waals surface area contributed by atoms with Gasteiger partial charge in [0.15, 0.2) is 0 Å². The number of amides is 1. The number of pyridine rings is 1. The van der Waals surface area contributed by atoms with E-state index in [4.69, 9.17) is 0 Å². The number of nitrogens with one attached hydrogen (secondary N) is 2. The fraction of sp³-hybridized carbons (Fsp3) is 0.647. The summed E-state index contributed by atoms with van der Waals surface area (Å²) in [5.41, 5.74) is 1.54. The molecule has 0 aliphatic heterocycles. The maximum absolute atomic E-state index is 12.5. The monoisotopic (exact) mass is 289 g/mol. The Morgan fingerprint density at radius 1 is 1.24 bits per heavy atom. The summed E-state index contributed by atoms with van der Waals surface area (Å²) in [6, 6.07) is 2.13. The number of hydrogen-bond acceptors (Lipinski definition) is 3. The van der Waals surface area contributed by atoms with Crippen LogP contribution in [0.25, 0.3) is 0 Å². The molecule has 0 spiro atoms. The van der Waals surface area contributed by atoms with Gasteiger partial charge < -0.3 is 10.6 Å². The molecule has 116 valence electrons. The van der Waals surface area contributed by atoms with Crippen molar-refractivity contribution in [3.8, 4) is 0 Å². The highest BCUT2D eigenvalue weighted by molar-refractivity contribution is 5.99. The van der Waals surface area contributed by atoms with E-state index in [-0.39, 0.29) is 5.91 Å². The molecule has 2 N–H and O–H groups in total. The molecule has 0 saturated heterocycles. The molecule has 2 rings (SSSR count). The van der Waals surface area contributed by atoms with Crippen LogP contribution in [0.3, 0.4) is 0 Å². The lowest BCUT2D eigenvalue weighted by atomic mass is 9.96. The van der Waals surface area contributed by atoms with Crippen molar-refractivity contribution in [2.24, 2.45) is 0 Å². The predicted molar refractivity (Wildman–Crippen MR) is 86.6 cm³/mol. The largest absolute Gasteiger partial charge is 0.383 e. The summed E-state index contributed by atoms with van der Waals surface area (Å²) in [7, 11) is 0. The normalized spacial score (nSPS) is 16.8. The second-order valence-corrected chi connectivity index (χ2v) is 5.86. The topological polar surface area (TPSA) is 54.0 Å². The molecule has 4 heteroatoms. The summed E-state index contributed by atoms with van der Waals surface area (Å²) in [5, 5.41) is 6.49. The number of rotatable bonds is 5.